The zero-order valence-corrected chi connectivity index (χ0v) is 27.6. The summed E-state index contributed by atoms with van der Waals surface area (Å²) in [5.74, 6) is -7.72. The van der Waals surface area contributed by atoms with E-state index in [0.717, 1.165) is 27.8 Å². The molecule has 1 aromatic heterocycles. The molecule has 2 aromatic rings. The van der Waals surface area contributed by atoms with E-state index in [1.807, 2.05) is 48.6 Å². The summed E-state index contributed by atoms with van der Waals surface area (Å²) in [6.45, 7) is 6.55. The lowest BCUT2D eigenvalue weighted by molar-refractivity contribution is -0.362. The number of ether oxygens (including phenoxy) is 2. The van der Waals surface area contributed by atoms with Crippen molar-refractivity contribution in [2.45, 2.75) is 107 Å². The number of alkyl halides is 5. The number of rotatable bonds is 4. The van der Waals surface area contributed by atoms with E-state index in [-0.39, 0.29) is 30.6 Å². The Hall–Kier alpha value is -2.66. The number of pyridine rings is 1. The number of hydrogen-bond donors (Lipinski definition) is 2. The molecule has 48 heavy (non-hydrogen) atoms. The van der Waals surface area contributed by atoms with Crippen LogP contribution in [0.25, 0.3) is 12.2 Å². The van der Waals surface area contributed by atoms with Crippen molar-refractivity contribution in [3.8, 4) is 0 Å². The minimum absolute atomic E-state index is 0.0508. The highest BCUT2D eigenvalue weighted by Crippen LogP contribution is 2.71. The van der Waals surface area contributed by atoms with Crippen molar-refractivity contribution in [2.24, 2.45) is 22.7 Å². The normalized spacial score (nSPS) is 36.2. The second-order valence-electron chi connectivity index (χ2n) is 16.0. The molecule has 4 fully saturated rings. The van der Waals surface area contributed by atoms with Crippen molar-refractivity contribution in [1.29, 1.82) is 0 Å². The minimum atomic E-state index is -5.89. The Morgan fingerprint density at radius 3 is 2.08 bits per heavy atom. The topological polar surface area (TPSA) is 71.8 Å². The van der Waals surface area contributed by atoms with Gasteiger partial charge in [-0.15, -0.1) is 0 Å². The molecule has 5 nitrogen and oxygen atoms in total. The van der Waals surface area contributed by atoms with Crippen LogP contribution in [0.4, 0.5) is 22.0 Å². The molecule has 0 radical (unpaired) electrons. The molecule has 5 aliphatic rings. The average molecular weight is 674 g/mol. The highest BCUT2D eigenvalue weighted by Gasteiger charge is 2.79. The maximum absolute atomic E-state index is 15.4. The zero-order valence-electron chi connectivity index (χ0n) is 27.6. The van der Waals surface area contributed by atoms with Gasteiger partial charge in [-0.3, -0.25) is 4.98 Å². The molecule has 260 valence electrons. The third kappa shape index (κ3) is 5.19. The van der Waals surface area contributed by atoms with E-state index in [1.54, 1.807) is 12.4 Å². The fraction of sp³-hybridized carbons (Fsp3) is 0.605. The number of hydrogen-bond acceptors (Lipinski definition) is 5. The fourth-order valence-electron chi connectivity index (χ4n) is 9.81. The van der Waals surface area contributed by atoms with Gasteiger partial charge in [0.25, 0.3) is 0 Å². The third-order valence-corrected chi connectivity index (χ3v) is 12.4. The summed E-state index contributed by atoms with van der Waals surface area (Å²) in [5.41, 5.74) is -1.99. The first-order valence-corrected chi connectivity index (χ1v) is 17.0. The van der Waals surface area contributed by atoms with Crippen LogP contribution in [-0.2, 0) is 9.47 Å². The molecule has 0 unspecified atom stereocenters. The van der Waals surface area contributed by atoms with E-state index >= 15 is 8.78 Å². The first-order valence-electron chi connectivity index (χ1n) is 17.0. The highest BCUT2D eigenvalue weighted by molar-refractivity contribution is 5.69. The van der Waals surface area contributed by atoms with E-state index in [2.05, 4.69) is 18.8 Å². The van der Waals surface area contributed by atoms with E-state index in [0.29, 0.717) is 38.9 Å². The standard InChI is InChI=1S/C38H44F5NO4/c1-32(2)22-47-35(48-23-32)16-11-30-31-27(10-15-34(30,45)21-35)29-12-17-36(46,37(39,40)38(41,42)43)33(29,3)20-28(31)26-8-6-24(7-9-26)4-5-25-13-18-44-19-14-25/h4-9,13-14,18-19,27-29,45-46H,10-12,15-17,20-23H2,1-3H3/b5-4+/t27-,28+,29-,33-,34+,36-/m0/s1. The first kappa shape index (κ1) is 33.8. The van der Waals surface area contributed by atoms with E-state index < -0.39 is 52.8 Å². The van der Waals surface area contributed by atoms with Crippen molar-refractivity contribution in [3.63, 3.8) is 0 Å². The van der Waals surface area contributed by atoms with Gasteiger partial charge in [0.1, 0.15) is 5.60 Å². The molecular formula is C38H44F5NO4. The van der Waals surface area contributed by atoms with Gasteiger partial charge in [0.15, 0.2) is 5.79 Å². The molecule has 1 aromatic carbocycles. The molecule has 7 rings (SSSR count). The second kappa shape index (κ2) is 11.2. The van der Waals surface area contributed by atoms with Crippen LogP contribution in [0.5, 0.6) is 0 Å². The van der Waals surface area contributed by atoms with Gasteiger partial charge < -0.3 is 19.7 Å². The zero-order chi connectivity index (χ0) is 34.4. The molecule has 2 heterocycles. The van der Waals surface area contributed by atoms with Gasteiger partial charge in [0.05, 0.1) is 18.8 Å². The second-order valence-corrected chi connectivity index (χ2v) is 16.0. The van der Waals surface area contributed by atoms with E-state index in [4.69, 9.17) is 9.47 Å². The smallest absolute Gasteiger partial charge is 0.385 e. The molecule has 10 heteroatoms. The fourth-order valence-corrected chi connectivity index (χ4v) is 9.81. The van der Waals surface area contributed by atoms with E-state index in [9.17, 15) is 23.4 Å². The summed E-state index contributed by atoms with van der Waals surface area (Å²) < 4.78 is 85.2. The maximum atomic E-state index is 15.4. The number of allylic oxidation sites excluding steroid dienone is 1. The molecule has 2 N–H and O–H groups in total. The van der Waals surface area contributed by atoms with Crippen molar-refractivity contribution < 1.29 is 41.6 Å². The Morgan fingerprint density at radius 1 is 0.833 bits per heavy atom. The third-order valence-electron chi connectivity index (χ3n) is 12.4. The Balaban J connectivity index is 1.30. The lowest BCUT2D eigenvalue weighted by atomic mass is 9.49. The average Bonchev–Trinajstić information content (AvgIpc) is 3.32. The van der Waals surface area contributed by atoms with Crippen LogP contribution < -0.4 is 0 Å². The van der Waals surface area contributed by atoms with Crippen LogP contribution in [0.3, 0.4) is 0 Å². The molecule has 3 saturated carbocycles. The summed E-state index contributed by atoms with van der Waals surface area (Å²) in [7, 11) is 0. The number of benzene rings is 1. The van der Waals surface area contributed by atoms with Gasteiger partial charge in [0, 0.05) is 42.0 Å². The maximum Gasteiger partial charge on any atom is 0.456 e. The number of nitrogens with zero attached hydrogens (tertiary/aromatic N) is 1. The van der Waals surface area contributed by atoms with Gasteiger partial charge in [-0.05, 0) is 84.8 Å². The number of aromatic nitrogens is 1. The van der Waals surface area contributed by atoms with Gasteiger partial charge >= 0.3 is 12.1 Å². The van der Waals surface area contributed by atoms with Crippen LogP contribution in [0.1, 0.15) is 94.7 Å². The number of fused-ring (bicyclic) bond motifs is 4. The van der Waals surface area contributed by atoms with Crippen LogP contribution in [-0.4, -0.2) is 57.5 Å². The van der Waals surface area contributed by atoms with Gasteiger partial charge in [-0.25, -0.2) is 0 Å². The van der Waals surface area contributed by atoms with E-state index in [1.165, 1.54) is 6.92 Å². The number of aliphatic hydroxyl groups is 2. The molecule has 4 aliphatic carbocycles. The molecule has 6 atom stereocenters. The molecule has 1 aliphatic heterocycles. The number of halogens is 5. The quantitative estimate of drug-likeness (QED) is 0.252. The van der Waals surface area contributed by atoms with Crippen LogP contribution in [0.15, 0.2) is 59.9 Å². The Morgan fingerprint density at radius 2 is 1.46 bits per heavy atom. The van der Waals surface area contributed by atoms with Gasteiger partial charge in [0.2, 0.25) is 0 Å². The lowest BCUT2D eigenvalue weighted by Crippen LogP contribution is -2.65. The first-order chi connectivity index (χ1) is 22.4. The predicted octanol–water partition coefficient (Wildman–Crippen LogP) is 8.48. The largest absolute Gasteiger partial charge is 0.456 e. The molecule has 0 bridgehead atoms. The Labute approximate surface area is 278 Å². The summed E-state index contributed by atoms with van der Waals surface area (Å²) in [4.78, 5) is 4.03. The SMILES string of the molecule is CC1(C)COC2(CCC3=C4[C@@H](CC[C@@]3(O)C2)[C@@H]2CC[C@@](O)(C(F)(F)C(F)(F)F)[C@@]2(C)C[C@@H]4c2ccc(/C=C/c3ccncc3)cc2)OC1. The highest BCUT2D eigenvalue weighted by atomic mass is 19.4. The monoisotopic (exact) mass is 673 g/mol. The summed E-state index contributed by atoms with van der Waals surface area (Å²) in [5, 5.41) is 24.0. The van der Waals surface area contributed by atoms with Crippen LogP contribution in [0.2, 0.25) is 0 Å². The van der Waals surface area contributed by atoms with Gasteiger partial charge in [-0.1, -0.05) is 62.8 Å². The Bertz CT molecular complexity index is 1590. The lowest BCUT2D eigenvalue weighted by Gasteiger charge is -2.59. The summed E-state index contributed by atoms with van der Waals surface area (Å²) >= 11 is 0. The van der Waals surface area contributed by atoms with Crippen LogP contribution in [0, 0.1) is 22.7 Å². The van der Waals surface area contributed by atoms with Crippen molar-refractivity contribution in [3.05, 3.63) is 76.6 Å². The molecular weight excluding hydrogens is 629 g/mol. The van der Waals surface area contributed by atoms with Crippen molar-refractivity contribution >= 4 is 12.2 Å². The van der Waals surface area contributed by atoms with Crippen LogP contribution >= 0.6 is 0 Å². The minimum Gasteiger partial charge on any atom is -0.385 e. The predicted molar refractivity (Wildman–Crippen MR) is 171 cm³/mol. The summed E-state index contributed by atoms with van der Waals surface area (Å²) in [6, 6.07) is 11.4. The molecule has 1 spiro atoms. The van der Waals surface area contributed by atoms with Gasteiger partial charge in [-0.2, -0.15) is 22.0 Å². The van der Waals surface area contributed by atoms with Crippen molar-refractivity contribution in [1.82, 2.24) is 4.98 Å². The molecule has 1 saturated heterocycles. The summed E-state index contributed by atoms with van der Waals surface area (Å²) in [6.07, 6.45) is 2.65. The molecule has 0 amide bonds. The Kier molecular flexibility index (Phi) is 7.87. The van der Waals surface area contributed by atoms with Crippen molar-refractivity contribution in [2.75, 3.05) is 13.2 Å².